The van der Waals surface area contributed by atoms with Crippen molar-refractivity contribution in [2.24, 2.45) is 0 Å². The van der Waals surface area contributed by atoms with E-state index in [1.54, 1.807) is 0 Å². The summed E-state index contributed by atoms with van der Waals surface area (Å²) >= 11 is 8.05. The van der Waals surface area contributed by atoms with Gasteiger partial charge in [0.1, 0.15) is 0 Å². The van der Waals surface area contributed by atoms with Crippen LogP contribution in [0.3, 0.4) is 0 Å². The normalized spacial score (nSPS) is 15.1. The highest BCUT2D eigenvalue weighted by Gasteiger charge is 2.29. The zero-order chi connectivity index (χ0) is 29.9. The first kappa shape index (κ1) is 29.5. The number of aliphatic carboxylic acids is 1. The van der Waals surface area contributed by atoms with Crippen molar-refractivity contribution in [3.63, 3.8) is 0 Å². The molecule has 0 aliphatic carbocycles. The Morgan fingerprint density at radius 1 is 1.05 bits per heavy atom. The Morgan fingerprint density at radius 3 is 2.53 bits per heavy atom. The van der Waals surface area contributed by atoms with Gasteiger partial charge >= 0.3 is 5.97 Å². The molecule has 2 unspecified atom stereocenters. The van der Waals surface area contributed by atoms with E-state index in [9.17, 15) is 9.90 Å². The van der Waals surface area contributed by atoms with Crippen molar-refractivity contribution in [1.82, 2.24) is 9.55 Å². The number of aryl methyl sites for hydroxylation is 2. The second-order valence-electron chi connectivity index (χ2n) is 11.2. The van der Waals surface area contributed by atoms with Crippen LogP contribution in [0.1, 0.15) is 48.3 Å². The van der Waals surface area contributed by atoms with Crippen LogP contribution < -0.4 is 0 Å². The van der Waals surface area contributed by atoms with E-state index in [2.05, 4.69) is 47.9 Å². The lowest BCUT2D eigenvalue weighted by atomic mass is 9.94. The topological polar surface area (TPSA) is 64.4 Å². The van der Waals surface area contributed by atoms with Crippen molar-refractivity contribution >= 4 is 40.2 Å². The molecule has 7 heteroatoms. The molecule has 2 atom stereocenters. The predicted molar refractivity (Wildman–Crippen MR) is 175 cm³/mol. The van der Waals surface area contributed by atoms with Crippen LogP contribution in [0, 0.1) is 0 Å². The summed E-state index contributed by atoms with van der Waals surface area (Å²) < 4.78 is 8.33. The number of pyridine rings is 1. The Labute approximate surface area is 261 Å². The van der Waals surface area contributed by atoms with E-state index in [4.69, 9.17) is 21.3 Å². The van der Waals surface area contributed by atoms with Crippen molar-refractivity contribution in [1.29, 1.82) is 0 Å². The van der Waals surface area contributed by atoms with Crippen molar-refractivity contribution in [3.05, 3.63) is 118 Å². The minimum absolute atomic E-state index is 0.245. The number of halogens is 1. The lowest BCUT2D eigenvalue weighted by molar-refractivity contribution is -0.151. The van der Waals surface area contributed by atoms with Gasteiger partial charge in [0.25, 0.3) is 0 Å². The molecule has 6 rings (SSSR count). The number of benzene rings is 3. The van der Waals surface area contributed by atoms with E-state index in [1.165, 1.54) is 27.0 Å². The molecule has 0 spiro atoms. The molecule has 0 saturated carbocycles. The highest BCUT2D eigenvalue weighted by molar-refractivity contribution is 8.00. The Kier molecular flexibility index (Phi) is 8.89. The van der Waals surface area contributed by atoms with Gasteiger partial charge in [-0.25, -0.2) is 4.79 Å². The highest BCUT2D eigenvalue weighted by atomic mass is 35.5. The van der Waals surface area contributed by atoms with Gasteiger partial charge in [-0.2, -0.15) is 0 Å². The van der Waals surface area contributed by atoms with Crippen molar-refractivity contribution in [2.75, 3.05) is 0 Å². The molecule has 43 heavy (non-hydrogen) atoms. The fraction of sp³-hybridized carbons (Fsp3) is 0.278. The summed E-state index contributed by atoms with van der Waals surface area (Å²) in [4.78, 5) is 17.8. The Bertz CT molecular complexity index is 1730. The van der Waals surface area contributed by atoms with Crippen LogP contribution in [-0.2, 0) is 41.9 Å². The fourth-order valence-electron chi connectivity index (χ4n) is 5.97. The summed E-state index contributed by atoms with van der Waals surface area (Å²) in [5, 5.41) is 12.0. The number of hydrogen-bond donors (Lipinski definition) is 1. The second-order valence-corrected chi connectivity index (χ2v) is 13.1. The standard InChI is InChI=1S/C36H35ClN2O3S/c1-3-33(36(40)41)42-22-32-35-34-30(19-23(2)43-35)26(13-18-31(34)39(32)21-24-9-14-28(37)15-10-24)11-16-29-17-12-27(20-38-29)25-7-5-4-6-8-25/h4-10,12-15,17-18,20,23,33H,3,11,16,19,21-22H2,1-2H3,(H,40,41). The van der Waals surface area contributed by atoms with Gasteiger partial charge < -0.3 is 14.4 Å². The zero-order valence-electron chi connectivity index (χ0n) is 24.4. The number of aromatic nitrogens is 2. The molecule has 5 aromatic rings. The van der Waals surface area contributed by atoms with E-state index < -0.39 is 12.1 Å². The van der Waals surface area contributed by atoms with Crippen molar-refractivity contribution in [3.8, 4) is 11.1 Å². The highest BCUT2D eigenvalue weighted by Crippen LogP contribution is 2.45. The van der Waals surface area contributed by atoms with Gasteiger partial charge in [-0.1, -0.05) is 80.0 Å². The quantitative estimate of drug-likeness (QED) is 0.162. The van der Waals surface area contributed by atoms with Crippen LogP contribution in [0.15, 0.2) is 90.0 Å². The van der Waals surface area contributed by atoms with E-state index in [0.717, 1.165) is 47.3 Å². The first-order chi connectivity index (χ1) is 20.9. The maximum Gasteiger partial charge on any atom is 0.332 e. The number of rotatable bonds is 11. The van der Waals surface area contributed by atoms with Gasteiger partial charge in [-0.05, 0) is 72.2 Å². The van der Waals surface area contributed by atoms with Gasteiger partial charge in [-0.15, -0.1) is 11.8 Å². The van der Waals surface area contributed by atoms with E-state index in [-0.39, 0.29) is 6.61 Å². The van der Waals surface area contributed by atoms with Crippen LogP contribution in [-0.4, -0.2) is 32.0 Å². The Morgan fingerprint density at radius 2 is 1.84 bits per heavy atom. The number of ether oxygens (including phenoxy) is 1. The van der Waals surface area contributed by atoms with Crippen LogP contribution in [0.5, 0.6) is 0 Å². The molecule has 1 N–H and O–H groups in total. The summed E-state index contributed by atoms with van der Waals surface area (Å²) in [6, 6.07) is 27.1. The molecular formula is C36H35ClN2O3S. The molecule has 220 valence electrons. The molecule has 0 amide bonds. The molecular weight excluding hydrogens is 576 g/mol. The molecule has 0 bridgehead atoms. The number of carboxylic acids is 1. The molecule has 5 nitrogen and oxygen atoms in total. The van der Waals surface area contributed by atoms with E-state index >= 15 is 0 Å². The third-order valence-electron chi connectivity index (χ3n) is 8.21. The number of carboxylic acid groups (broad SMARTS) is 1. The molecule has 2 aromatic heterocycles. The first-order valence-corrected chi connectivity index (χ1v) is 16.1. The van der Waals surface area contributed by atoms with Crippen molar-refractivity contribution < 1.29 is 14.6 Å². The number of hydrogen-bond acceptors (Lipinski definition) is 4. The average molecular weight is 611 g/mol. The van der Waals surface area contributed by atoms with Gasteiger partial charge in [0, 0.05) is 44.6 Å². The minimum atomic E-state index is -0.925. The van der Waals surface area contributed by atoms with E-state index in [1.807, 2.05) is 67.3 Å². The van der Waals surface area contributed by atoms with Crippen LogP contribution >= 0.6 is 23.4 Å². The predicted octanol–water partition coefficient (Wildman–Crippen LogP) is 8.61. The molecule has 0 saturated heterocycles. The third-order valence-corrected chi connectivity index (χ3v) is 9.70. The van der Waals surface area contributed by atoms with Crippen LogP contribution in [0.2, 0.25) is 5.02 Å². The van der Waals surface area contributed by atoms with Crippen LogP contribution in [0.25, 0.3) is 22.0 Å². The SMILES string of the molecule is CCC(OCc1c2c3c(c(CCc4ccc(-c5ccccc5)cn4)ccc3n1Cc1ccc(Cl)cc1)CC(C)S2)C(=O)O. The molecule has 3 heterocycles. The zero-order valence-corrected chi connectivity index (χ0v) is 26.0. The van der Waals surface area contributed by atoms with E-state index in [0.29, 0.717) is 23.2 Å². The summed E-state index contributed by atoms with van der Waals surface area (Å²) in [6.45, 7) is 5.01. The lowest BCUT2D eigenvalue weighted by Crippen LogP contribution is -2.23. The summed E-state index contributed by atoms with van der Waals surface area (Å²) in [5.74, 6) is -0.925. The molecule has 0 fully saturated rings. The number of nitrogens with zero attached hydrogens (tertiary/aromatic N) is 2. The molecule has 3 aromatic carbocycles. The summed E-state index contributed by atoms with van der Waals surface area (Å²) in [7, 11) is 0. The van der Waals surface area contributed by atoms with Crippen molar-refractivity contribution in [2.45, 2.75) is 68.9 Å². The third kappa shape index (κ3) is 6.37. The lowest BCUT2D eigenvalue weighted by Gasteiger charge is -2.22. The van der Waals surface area contributed by atoms with Gasteiger partial charge in [0.05, 0.1) is 17.8 Å². The van der Waals surface area contributed by atoms with Crippen LogP contribution in [0.4, 0.5) is 0 Å². The number of thioether (sulfide) groups is 1. The maximum atomic E-state index is 11.8. The minimum Gasteiger partial charge on any atom is -0.479 e. The summed E-state index contributed by atoms with van der Waals surface area (Å²) in [5.41, 5.74) is 9.46. The van der Waals surface area contributed by atoms with Gasteiger partial charge in [0.15, 0.2) is 6.10 Å². The first-order valence-electron chi connectivity index (χ1n) is 14.8. The second kappa shape index (κ2) is 13.0. The average Bonchev–Trinajstić information content (AvgIpc) is 3.31. The largest absolute Gasteiger partial charge is 0.479 e. The monoisotopic (exact) mass is 610 g/mol. The number of carbonyl (C=O) groups is 1. The Balaban J connectivity index is 1.34. The molecule has 0 radical (unpaired) electrons. The Hall–Kier alpha value is -3.58. The summed E-state index contributed by atoms with van der Waals surface area (Å²) in [6.07, 6.45) is 4.31. The van der Waals surface area contributed by atoms with Gasteiger partial charge in [-0.3, -0.25) is 4.98 Å². The molecule has 1 aliphatic rings. The van der Waals surface area contributed by atoms with Gasteiger partial charge in [0.2, 0.25) is 0 Å². The molecule has 1 aliphatic heterocycles. The fourth-order valence-corrected chi connectivity index (χ4v) is 7.40. The smallest absolute Gasteiger partial charge is 0.332 e. The maximum absolute atomic E-state index is 11.8.